The third-order valence-corrected chi connectivity index (χ3v) is 2.46. The third-order valence-electron chi connectivity index (χ3n) is 2.46. The zero-order valence-electron chi connectivity index (χ0n) is 9.18. The van der Waals surface area contributed by atoms with Crippen LogP contribution in [0.3, 0.4) is 0 Å². The summed E-state index contributed by atoms with van der Waals surface area (Å²) in [4.78, 5) is 17.1. The normalized spacial score (nSPS) is 13.2. The minimum atomic E-state index is -0.450. The molecule has 1 atom stereocenters. The smallest absolute Gasteiger partial charge is 0.239 e. The van der Waals surface area contributed by atoms with E-state index in [2.05, 4.69) is 4.98 Å². The van der Waals surface area contributed by atoms with E-state index in [1.807, 2.05) is 12.1 Å². The predicted molar refractivity (Wildman–Crippen MR) is 59.6 cm³/mol. The molecule has 2 N–H and O–H groups in total. The number of primary amides is 1. The number of likely N-dealkylation sites (N-methyl/N-ethyl adjacent to an activating group) is 1. The van der Waals surface area contributed by atoms with Crippen LogP contribution < -0.4 is 5.73 Å². The lowest BCUT2D eigenvalue weighted by molar-refractivity contribution is -0.122. The fraction of sp³-hybridized carbons (Fsp3) is 0.273. The van der Waals surface area contributed by atoms with Gasteiger partial charge >= 0.3 is 0 Å². The first kappa shape index (κ1) is 10.6. The fourth-order valence-corrected chi connectivity index (χ4v) is 1.76. The highest BCUT2D eigenvalue weighted by atomic mass is 16.3. The van der Waals surface area contributed by atoms with E-state index in [1.54, 1.807) is 25.1 Å². The summed E-state index contributed by atoms with van der Waals surface area (Å²) in [6.07, 6.45) is 1.38. The van der Waals surface area contributed by atoms with Crippen molar-refractivity contribution in [3.63, 3.8) is 0 Å². The number of hydrogen-bond acceptors (Lipinski definition) is 4. The molecule has 0 aliphatic heterocycles. The molecule has 5 heteroatoms. The fourth-order valence-electron chi connectivity index (χ4n) is 1.76. The minimum absolute atomic E-state index is 0.385. The molecule has 1 aromatic carbocycles. The van der Waals surface area contributed by atoms with Gasteiger partial charge in [0.05, 0.1) is 0 Å². The van der Waals surface area contributed by atoms with Gasteiger partial charge in [-0.05, 0) is 31.8 Å². The standard InChI is InChI=1S/C11H13N3O2/c1-14(2)10(11(12)15)7-3-4-8-9(5-7)16-6-13-8/h3-6,10H,1-2H3,(H2,12,15). The van der Waals surface area contributed by atoms with Gasteiger partial charge < -0.3 is 10.2 Å². The van der Waals surface area contributed by atoms with Crippen molar-refractivity contribution in [2.45, 2.75) is 6.04 Å². The molecule has 0 radical (unpaired) electrons. The monoisotopic (exact) mass is 219 g/mol. The van der Waals surface area contributed by atoms with Gasteiger partial charge in [-0.1, -0.05) is 6.07 Å². The largest absolute Gasteiger partial charge is 0.443 e. The number of fused-ring (bicyclic) bond motifs is 1. The molecule has 1 heterocycles. The van der Waals surface area contributed by atoms with Crippen LogP contribution in [0, 0.1) is 0 Å². The second kappa shape index (κ2) is 3.94. The van der Waals surface area contributed by atoms with Gasteiger partial charge in [0, 0.05) is 0 Å². The molecule has 2 rings (SSSR count). The van der Waals surface area contributed by atoms with Crippen molar-refractivity contribution in [2.24, 2.45) is 5.73 Å². The quantitative estimate of drug-likeness (QED) is 0.833. The number of hydrogen-bond donors (Lipinski definition) is 1. The maximum atomic E-state index is 11.4. The maximum Gasteiger partial charge on any atom is 0.239 e. The lowest BCUT2D eigenvalue weighted by Gasteiger charge is -2.21. The van der Waals surface area contributed by atoms with Gasteiger partial charge in [-0.2, -0.15) is 0 Å². The molecule has 1 unspecified atom stereocenters. The van der Waals surface area contributed by atoms with Crippen LogP contribution in [-0.4, -0.2) is 29.9 Å². The van der Waals surface area contributed by atoms with Crippen LogP contribution >= 0.6 is 0 Å². The molecular weight excluding hydrogens is 206 g/mol. The molecule has 0 aliphatic rings. The first-order chi connectivity index (χ1) is 7.59. The number of carbonyl (C=O) groups is 1. The Labute approximate surface area is 92.8 Å². The summed E-state index contributed by atoms with van der Waals surface area (Å²) in [6, 6.07) is 4.99. The highest BCUT2D eigenvalue weighted by Crippen LogP contribution is 2.22. The van der Waals surface area contributed by atoms with Gasteiger partial charge in [0.25, 0.3) is 0 Å². The van der Waals surface area contributed by atoms with E-state index in [1.165, 1.54) is 6.39 Å². The molecule has 1 aromatic heterocycles. The first-order valence-electron chi connectivity index (χ1n) is 4.88. The molecule has 0 saturated heterocycles. The Morgan fingerprint density at radius 2 is 2.25 bits per heavy atom. The minimum Gasteiger partial charge on any atom is -0.443 e. The Hall–Kier alpha value is -1.88. The van der Waals surface area contributed by atoms with E-state index in [4.69, 9.17) is 10.2 Å². The van der Waals surface area contributed by atoms with E-state index in [-0.39, 0.29) is 5.91 Å². The molecule has 2 aromatic rings. The molecule has 1 amide bonds. The van der Waals surface area contributed by atoms with Crippen molar-refractivity contribution in [3.8, 4) is 0 Å². The van der Waals surface area contributed by atoms with E-state index in [0.29, 0.717) is 5.58 Å². The number of rotatable bonds is 3. The number of carbonyl (C=O) groups excluding carboxylic acids is 1. The molecule has 16 heavy (non-hydrogen) atoms. The van der Waals surface area contributed by atoms with E-state index >= 15 is 0 Å². The second-order valence-electron chi connectivity index (χ2n) is 3.85. The van der Waals surface area contributed by atoms with Crippen LogP contribution in [0.25, 0.3) is 11.1 Å². The number of amides is 1. The van der Waals surface area contributed by atoms with E-state index in [0.717, 1.165) is 11.1 Å². The van der Waals surface area contributed by atoms with Crippen molar-refractivity contribution in [1.29, 1.82) is 0 Å². The number of nitrogens with zero attached hydrogens (tertiary/aromatic N) is 2. The molecule has 84 valence electrons. The lowest BCUT2D eigenvalue weighted by Crippen LogP contribution is -2.32. The topological polar surface area (TPSA) is 72.4 Å². The van der Waals surface area contributed by atoms with Crippen LogP contribution in [0.5, 0.6) is 0 Å². The summed E-state index contributed by atoms with van der Waals surface area (Å²) < 4.78 is 5.19. The summed E-state index contributed by atoms with van der Waals surface area (Å²) in [7, 11) is 3.61. The SMILES string of the molecule is CN(C)C(C(N)=O)c1ccc2ncoc2c1. The Morgan fingerprint density at radius 1 is 1.50 bits per heavy atom. The van der Waals surface area contributed by atoms with Crippen molar-refractivity contribution in [1.82, 2.24) is 9.88 Å². The third kappa shape index (κ3) is 1.77. The van der Waals surface area contributed by atoms with Crippen LogP contribution in [0.4, 0.5) is 0 Å². The van der Waals surface area contributed by atoms with Crippen LogP contribution in [0.15, 0.2) is 29.0 Å². The second-order valence-corrected chi connectivity index (χ2v) is 3.85. The molecule has 5 nitrogen and oxygen atoms in total. The van der Waals surface area contributed by atoms with Gasteiger partial charge in [0.1, 0.15) is 11.6 Å². The van der Waals surface area contributed by atoms with Gasteiger partial charge in [0.15, 0.2) is 12.0 Å². The van der Waals surface area contributed by atoms with Gasteiger partial charge in [-0.15, -0.1) is 0 Å². The molecular formula is C11H13N3O2. The highest BCUT2D eigenvalue weighted by molar-refractivity contribution is 5.83. The summed E-state index contributed by atoms with van der Waals surface area (Å²) in [5.41, 5.74) is 7.60. The first-order valence-corrected chi connectivity index (χ1v) is 4.88. The van der Waals surface area contributed by atoms with Crippen LogP contribution in [-0.2, 0) is 4.79 Å². The highest BCUT2D eigenvalue weighted by Gasteiger charge is 2.20. The Kier molecular flexibility index (Phi) is 2.62. The van der Waals surface area contributed by atoms with Crippen molar-refractivity contribution in [2.75, 3.05) is 14.1 Å². The Morgan fingerprint density at radius 3 is 2.88 bits per heavy atom. The van der Waals surface area contributed by atoms with Crippen LogP contribution in [0.1, 0.15) is 11.6 Å². The van der Waals surface area contributed by atoms with Gasteiger partial charge in [0.2, 0.25) is 5.91 Å². The summed E-state index contributed by atoms with van der Waals surface area (Å²) >= 11 is 0. The Balaban J connectivity index is 2.48. The molecule has 0 bridgehead atoms. The predicted octanol–water partition coefficient (Wildman–Crippen LogP) is 0.916. The molecule has 0 aliphatic carbocycles. The number of oxazole rings is 1. The molecule has 0 spiro atoms. The maximum absolute atomic E-state index is 11.4. The number of aromatic nitrogens is 1. The zero-order chi connectivity index (χ0) is 11.7. The van der Waals surface area contributed by atoms with Crippen molar-refractivity contribution in [3.05, 3.63) is 30.2 Å². The van der Waals surface area contributed by atoms with Crippen LogP contribution in [0.2, 0.25) is 0 Å². The van der Waals surface area contributed by atoms with E-state index < -0.39 is 6.04 Å². The average molecular weight is 219 g/mol. The molecule has 0 fully saturated rings. The lowest BCUT2D eigenvalue weighted by atomic mass is 10.1. The summed E-state index contributed by atoms with van der Waals surface area (Å²) in [5.74, 6) is -0.385. The van der Waals surface area contributed by atoms with Crippen molar-refractivity contribution < 1.29 is 9.21 Å². The zero-order valence-corrected chi connectivity index (χ0v) is 9.18. The number of nitrogens with two attached hydrogens (primary N) is 1. The van der Waals surface area contributed by atoms with Gasteiger partial charge in [-0.3, -0.25) is 9.69 Å². The summed E-state index contributed by atoms with van der Waals surface area (Å²) in [5, 5.41) is 0. The summed E-state index contributed by atoms with van der Waals surface area (Å²) in [6.45, 7) is 0. The molecule has 0 saturated carbocycles. The van der Waals surface area contributed by atoms with Gasteiger partial charge in [-0.25, -0.2) is 4.98 Å². The van der Waals surface area contributed by atoms with E-state index in [9.17, 15) is 4.79 Å². The average Bonchev–Trinajstić information content (AvgIpc) is 2.63. The van der Waals surface area contributed by atoms with Crippen molar-refractivity contribution >= 4 is 17.0 Å². The Bertz CT molecular complexity index is 519. The number of benzene rings is 1.